The van der Waals surface area contributed by atoms with Gasteiger partial charge in [-0.2, -0.15) is 0 Å². The van der Waals surface area contributed by atoms with E-state index in [-0.39, 0.29) is 5.82 Å². The Hall–Kier alpha value is -2.85. The van der Waals surface area contributed by atoms with E-state index in [1.165, 1.54) is 18.2 Å². The van der Waals surface area contributed by atoms with Gasteiger partial charge in [-0.15, -0.1) is 0 Å². The van der Waals surface area contributed by atoms with E-state index in [9.17, 15) is 9.18 Å². The fraction of sp³-hybridized carbons (Fsp3) is 0. The molecule has 120 valence electrons. The lowest BCUT2D eigenvalue weighted by molar-refractivity contribution is 0.100. The van der Waals surface area contributed by atoms with Crippen molar-refractivity contribution < 1.29 is 13.9 Å². The number of carbonyl (C=O) groups is 1. The van der Waals surface area contributed by atoms with E-state index in [2.05, 4.69) is 0 Å². The molecule has 0 heterocycles. The molecule has 1 amide bonds. The normalized spacial score (nSPS) is 10.4. The molecule has 5 heteroatoms. The zero-order chi connectivity index (χ0) is 17.1. The summed E-state index contributed by atoms with van der Waals surface area (Å²) in [5, 5.41) is 0.438. The van der Waals surface area contributed by atoms with Gasteiger partial charge in [-0.3, -0.25) is 4.79 Å². The second-order valence-electron chi connectivity index (χ2n) is 5.17. The Morgan fingerprint density at radius 2 is 1.46 bits per heavy atom. The number of carbonyl (C=O) groups excluding carboxylic acids is 1. The van der Waals surface area contributed by atoms with E-state index < -0.39 is 5.91 Å². The van der Waals surface area contributed by atoms with Crippen LogP contribution in [0, 0.1) is 5.82 Å². The number of amides is 1. The summed E-state index contributed by atoms with van der Waals surface area (Å²) in [5.41, 5.74) is 7.31. The number of hydrogen-bond donors (Lipinski definition) is 1. The number of rotatable bonds is 4. The van der Waals surface area contributed by atoms with Gasteiger partial charge in [0.1, 0.15) is 17.3 Å². The highest BCUT2D eigenvalue weighted by molar-refractivity contribution is 6.31. The first-order valence-corrected chi connectivity index (χ1v) is 7.53. The summed E-state index contributed by atoms with van der Waals surface area (Å²) in [6.07, 6.45) is 0. The van der Waals surface area contributed by atoms with Gasteiger partial charge in [-0.1, -0.05) is 23.7 Å². The van der Waals surface area contributed by atoms with Crippen LogP contribution in [0.5, 0.6) is 11.5 Å². The maximum atomic E-state index is 12.9. The van der Waals surface area contributed by atoms with Crippen LogP contribution in [0.1, 0.15) is 10.4 Å². The zero-order valence-electron chi connectivity index (χ0n) is 12.5. The molecule has 2 N–H and O–H groups in total. The third kappa shape index (κ3) is 3.73. The molecule has 0 spiro atoms. The lowest BCUT2D eigenvalue weighted by Gasteiger charge is -2.08. The third-order valence-electron chi connectivity index (χ3n) is 3.42. The molecule has 0 unspecified atom stereocenters. The van der Waals surface area contributed by atoms with Crippen molar-refractivity contribution in [2.45, 2.75) is 0 Å². The molecule has 0 fully saturated rings. The second-order valence-corrected chi connectivity index (χ2v) is 5.61. The molecular weight excluding hydrogens is 329 g/mol. The summed E-state index contributed by atoms with van der Waals surface area (Å²) in [6.45, 7) is 0. The third-order valence-corrected chi connectivity index (χ3v) is 3.64. The number of benzene rings is 3. The van der Waals surface area contributed by atoms with E-state index in [0.29, 0.717) is 22.1 Å². The molecule has 0 bridgehead atoms. The van der Waals surface area contributed by atoms with Crippen molar-refractivity contribution in [2.24, 2.45) is 5.73 Å². The van der Waals surface area contributed by atoms with E-state index in [4.69, 9.17) is 22.1 Å². The van der Waals surface area contributed by atoms with Crippen molar-refractivity contribution in [1.82, 2.24) is 0 Å². The Labute approximate surface area is 143 Å². The summed E-state index contributed by atoms with van der Waals surface area (Å²) in [7, 11) is 0. The molecule has 0 aliphatic heterocycles. The molecule has 3 aromatic rings. The van der Waals surface area contributed by atoms with Gasteiger partial charge in [0.05, 0.1) is 0 Å². The lowest BCUT2D eigenvalue weighted by Crippen LogP contribution is -2.10. The van der Waals surface area contributed by atoms with Crippen molar-refractivity contribution >= 4 is 17.5 Å². The first-order valence-electron chi connectivity index (χ1n) is 7.15. The number of nitrogens with two attached hydrogens (primary N) is 1. The first kappa shape index (κ1) is 16.0. The molecule has 24 heavy (non-hydrogen) atoms. The average Bonchev–Trinajstić information content (AvgIpc) is 2.57. The van der Waals surface area contributed by atoms with Crippen LogP contribution in [-0.2, 0) is 0 Å². The van der Waals surface area contributed by atoms with Gasteiger partial charge in [0, 0.05) is 10.6 Å². The standard InChI is InChI=1S/C19H13ClFNO2/c20-15-10-13(9-14(11-15)19(22)23)12-1-5-17(6-2-12)24-18-7-3-16(21)4-8-18/h1-11H,(H2,22,23). The minimum Gasteiger partial charge on any atom is -0.457 e. The van der Waals surface area contributed by atoms with Gasteiger partial charge in [-0.05, 0) is 65.7 Å². The smallest absolute Gasteiger partial charge is 0.248 e. The van der Waals surface area contributed by atoms with Gasteiger partial charge in [0.25, 0.3) is 0 Å². The minimum atomic E-state index is -0.532. The van der Waals surface area contributed by atoms with E-state index in [1.54, 1.807) is 36.4 Å². The average molecular weight is 342 g/mol. The van der Waals surface area contributed by atoms with Gasteiger partial charge < -0.3 is 10.5 Å². The summed E-state index contributed by atoms with van der Waals surface area (Å²) in [4.78, 5) is 11.3. The monoisotopic (exact) mass is 341 g/mol. The molecule has 0 saturated carbocycles. The summed E-state index contributed by atoms with van der Waals surface area (Å²) in [6, 6.07) is 18.0. The Kier molecular flexibility index (Phi) is 4.49. The van der Waals surface area contributed by atoms with E-state index in [0.717, 1.165) is 11.1 Å². The number of hydrogen-bond acceptors (Lipinski definition) is 2. The maximum absolute atomic E-state index is 12.9. The van der Waals surface area contributed by atoms with Gasteiger partial charge in [-0.25, -0.2) is 4.39 Å². The van der Waals surface area contributed by atoms with Gasteiger partial charge in [0.15, 0.2) is 0 Å². The second kappa shape index (κ2) is 6.72. The van der Waals surface area contributed by atoms with Crippen molar-refractivity contribution in [3.63, 3.8) is 0 Å². The fourth-order valence-electron chi connectivity index (χ4n) is 2.25. The van der Waals surface area contributed by atoms with Crippen LogP contribution < -0.4 is 10.5 Å². The largest absolute Gasteiger partial charge is 0.457 e. The predicted octanol–water partition coefficient (Wildman–Crippen LogP) is 5.04. The van der Waals surface area contributed by atoms with Crippen LogP contribution in [0.15, 0.2) is 66.7 Å². The van der Waals surface area contributed by atoms with Crippen LogP contribution >= 0.6 is 11.6 Å². The fourth-order valence-corrected chi connectivity index (χ4v) is 2.49. The molecule has 3 nitrogen and oxygen atoms in total. The summed E-state index contributed by atoms with van der Waals surface area (Å²) >= 11 is 6.03. The highest BCUT2D eigenvalue weighted by atomic mass is 35.5. The van der Waals surface area contributed by atoms with Crippen molar-refractivity contribution in [3.8, 4) is 22.6 Å². The molecule has 0 saturated heterocycles. The Morgan fingerprint density at radius 1 is 0.875 bits per heavy atom. The minimum absolute atomic E-state index is 0.316. The van der Waals surface area contributed by atoms with Crippen LogP contribution in [0.2, 0.25) is 5.02 Å². The van der Waals surface area contributed by atoms with Crippen molar-refractivity contribution in [1.29, 1.82) is 0 Å². The van der Waals surface area contributed by atoms with Gasteiger partial charge in [0.2, 0.25) is 5.91 Å². The Morgan fingerprint density at radius 3 is 2.04 bits per heavy atom. The lowest BCUT2D eigenvalue weighted by atomic mass is 10.0. The number of ether oxygens (including phenoxy) is 1. The maximum Gasteiger partial charge on any atom is 0.248 e. The Balaban J connectivity index is 1.84. The van der Waals surface area contributed by atoms with Crippen LogP contribution in [0.4, 0.5) is 4.39 Å². The SMILES string of the molecule is NC(=O)c1cc(Cl)cc(-c2ccc(Oc3ccc(F)cc3)cc2)c1. The van der Waals surface area contributed by atoms with Gasteiger partial charge >= 0.3 is 0 Å². The molecule has 0 radical (unpaired) electrons. The molecule has 3 aromatic carbocycles. The van der Waals surface area contributed by atoms with Crippen molar-refractivity contribution in [3.05, 3.63) is 83.1 Å². The molecular formula is C19H13ClFNO2. The molecule has 3 rings (SSSR count). The quantitative estimate of drug-likeness (QED) is 0.723. The van der Waals surface area contributed by atoms with E-state index in [1.807, 2.05) is 12.1 Å². The molecule has 0 aromatic heterocycles. The summed E-state index contributed by atoms with van der Waals surface area (Å²) in [5.74, 6) is 0.310. The Bertz CT molecular complexity index is 877. The van der Waals surface area contributed by atoms with Crippen LogP contribution in [-0.4, -0.2) is 5.91 Å². The summed E-state index contributed by atoms with van der Waals surface area (Å²) < 4.78 is 18.5. The molecule has 0 aliphatic carbocycles. The highest BCUT2D eigenvalue weighted by Crippen LogP contribution is 2.28. The number of halogens is 2. The van der Waals surface area contributed by atoms with E-state index >= 15 is 0 Å². The zero-order valence-corrected chi connectivity index (χ0v) is 13.3. The number of primary amides is 1. The van der Waals surface area contributed by atoms with Crippen LogP contribution in [0.3, 0.4) is 0 Å². The molecule has 0 aliphatic rings. The predicted molar refractivity (Wildman–Crippen MR) is 91.9 cm³/mol. The van der Waals surface area contributed by atoms with Crippen molar-refractivity contribution in [2.75, 3.05) is 0 Å². The molecule has 0 atom stereocenters. The topological polar surface area (TPSA) is 52.3 Å². The highest BCUT2D eigenvalue weighted by Gasteiger charge is 2.07. The van der Waals surface area contributed by atoms with Crippen LogP contribution in [0.25, 0.3) is 11.1 Å². The first-order chi connectivity index (χ1) is 11.5.